The zero-order valence-electron chi connectivity index (χ0n) is 24.4. The first-order valence-electron chi connectivity index (χ1n) is 13.9. The zero-order chi connectivity index (χ0) is 30.3. The minimum absolute atomic E-state index is 0.0799. The molecule has 0 aliphatic carbocycles. The van der Waals surface area contributed by atoms with Gasteiger partial charge >= 0.3 is 0 Å². The summed E-state index contributed by atoms with van der Waals surface area (Å²) in [4.78, 5) is 29.4. The average Bonchev–Trinajstić information content (AvgIpc) is 3.00. The van der Waals surface area contributed by atoms with Crippen molar-refractivity contribution in [1.29, 1.82) is 0 Å². The predicted octanol–water partition coefficient (Wildman–Crippen LogP) is 5.19. The van der Waals surface area contributed by atoms with Gasteiger partial charge in [-0.3, -0.25) is 13.9 Å². The molecular formula is C34H37N3O4S. The first kappa shape index (κ1) is 30.5. The molecule has 0 saturated carbocycles. The molecule has 2 amide bonds. The Morgan fingerprint density at radius 2 is 1.36 bits per heavy atom. The summed E-state index contributed by atoms with van der Waals surface area (Å²) in [5.41, 5.74) is 4.80. The number of amides is 2. The topological polar surface area (TPSA) is 86.8 Å². The van der Waals surface area contributed by atoms with E-state index in [2.05, 4.69) is 5.32 Å². The number of sulfonamides is 1. The highest BCUT2D eigenvalue weighted by molar-refractivity contribution is 7.92. The first-order chi connectivity index (χ1) is 20.1. The summed E-state index contributed by atoms with van der Waals surface area (Å²) in [6.45, 7) is 5.36. The van der Waals surface area contributed by atoms with Crippen molar-refractivity contribution in [3.63, 3.8) is 0 Å². The molecule has 7 nitrogen and oxygen atoms in total. The molecule has 0 fully saturated rings. The molecule has 4 rings (SSSR count). The van der Waals surface area contributed by atoms with Crippen molar-refractivity contribution in [2.45, 2.75) is 44.7 Å². The number of benzene rings is 4. The molecule has 0 heterocycles. The van der Waals surface area contributed by atoms with Crippen LogP contribution in [-0.2, 0) is 32.6 Å². The van der Waals surface area contributed by atoms with Gasteiger partial charge < -0.3 is 10.2 Å². The fraction of sp³-hybridized carbons (Fsp3) is 0.235. The van der Waals surface area contributed by atoms with Crippen molar-refractivity contribution in [3.8, 4) is 0 Å². The molecule has 0 aliphatic rings. The minimum Gasteiger partial charge on any atom is -0.357 e. The molecule has 0 radical (unpaired) electrons. The summed E-state index contributed by atoms with van der Waals surface area (Å²) in [5, 5.41) is 2.71. The molecular weight excluding hydrogens is 546 g/mol. The monoisotopic (exact) mass is 583 g/mol. The highest BCUT2D eigenvalue weighted by atomic mass is 32.2. The van der Waals surface area contributed by atoms with Crippen LogP contribution in [0, 0.1) is 20.8 Å². The first-order valence-corrected chi connectivity index (χ1v) is 15.3. The van der Waals surface area contributed by atoms with Crippen LogP contribution in [0.4, 0.5) is 5.69 Å². The minimum atomic E-state index is -4.13. The molecule has 0 bridgehead atoms. The number of anilines is 1. The lowest BCUT2D eigenvalue weighted by atomic mass is 10.0. The molecule has 218 valence electrons. The molecule has 1 N–H and O–H groups in total. The molecule has 42 heavy (non-hydrogen) atoms. The van der Waals surface area contributed by atoms with Crippen LogP contribution >= 0.6 is 0 Å². The lowest BCUT2D eigenvalue weighted by molar-refractivity contribution is -0.139. The van der Waals surface area contributed by atoms with Gasteiger partial charge in [-0.15, -0.1) is 0 Å². The Bertz CT molecular complexity index is 1640. The third-order valence-electron chi connectivity index (χ3n) is 7.57. The second kappa shape index (κ2) is 13.5. The molecule has 0 saturated heterocycles. The fourth-order valence-corrected chi connectivity index (χ4v) is 6.42. The highest BCUT2D eigenvalue weighted by Gasteiger charge is 2.35. The smallest absolute Gasteiger partial charge is 0.264 e. The number of nitrogens with one attached hydrogen (secondary N) is 1. The van der Waals surface area contributed by atoms with Gasteiger partial charge in [0.05, 0.1) is 10.6 Å². The van der Waals surface area contributed by atoms with Gasteiger partial charge in [0.15, 0.2) is 0 Å². The van der Waals surface area contributed by atoms with E-state index in [-0.39, 0.29) is 23.8 Å². The van der Waals surface area contributed by atoms with Crippen molar-refractivity contribution in [2.24, 2.45) is 0 Å². The van der Waals surface area contributed by atoms with Crippen LogP contribution in [0.2, 0.25) is 0 Å². The number of carbonyl (C=O) groups is 2. The van der Waals surface area contributed by atoms with Gasteiger partial charge in [0.25, 0.3) is 10.0 Å². The maximum atomic E-state index is 14.4. The van der Waals surface area contributed by atoms with Gasteiger partial charge in [-0.25, -0.2) is 8.42 Å². The lowest BCUT2D eigenvalue weighted by Crippen LogP contribution is -2.53. The van der Waals surface area contributed by atoms with E-state index in [0.717, 1.165) is 27.8 Å². The largest absolute Gasteiger partial charge is 0.357 e. The average molecular weight is 584 g/mol. The third-order valence-corrected chi connectivity index (χ3v) is 9.35. The second-order valence-corrected chi connectivity index (χ2v) is 12.2. The summed E-state index contributed by atoms with van der Waals surface area (Å²) in [7, 11) is -2.59. The molecule has 1 unspecified atom stereocenters. The van der Waals surface area contributed by atoms with E-state index < -0.39 is 28.5 Å². The predicted molar refractivity (Wildman–Crippen MR) is 167 cm³/mol. The van der Waals surface area contributed by atoms with Gasteiger partial charge in [-0.1, -0.05) is 84.9 Å². The number of nitrogens with zero attached hydrogens (tertiary/aromatic N) is 2. The van der Waals surface area contributed by atoms with Gasteiger partial charge in [0.2, 0.25) is 11.8 Å². The van der Waals surface area contributed by atoms with Gasteiger partial charge in [-0.2, -0.15) is 0 Å². The second-order valence-electron chi connectivity index (χ2n) is 10.3. The maximum absolute atomic E-state index is 14.4. The molecule has 8 heteroatoms. The Morgan fingerprint density at radius 3 is 2.00 bits per heavy atom. The van der Waals surface area contributed by atoms with Gasteiger partial charge in [0.1, 0.15) is 12.6 Å². The van der Waals surface area contributed by atoms with Crippen LogP contribution in [-0.4, -0.2) is 44.8 Å². The van der Waals surface area contributed by atoms with Crippen molar-refractivity contribution in [1.82, 2.24) is 10.2 Å². The van der Waals surface area contributed by atoms with Crippen molar-refractivity contribution in [3.05, 3.63) is 131 Å². The highest BCUT2D eigenvalue weighted by Crippen LogP contribution is 2.29. The number of likely N-dealkylation sites (N-methyl/N-ethyl adjacent to an activating group) is 1. The van der Waals surface area contributed by atoms with Gasteiger partial charge in [-0.05, 0) is 66.8 Å². The lowest BCUT2D eigenvalue weighted by Gasteiger charge is -2.34. The number of rotatable bonds is 11. The molecule has 0 aliphatic heterocycles. The Hall–Kier alpha value is -4.43. The van der Waals surface area contributed by atoms with Gasteiger partial charge in [0, 0.05) is 20.0 Å². The van der Waals surface area contributed by atoms with Crippen LogP contribution < -0.4 is 9.62 Å². The third kappa shape index (κ3) is 6.89. The zero-order valence-corrected chi connectivity index (χ0v) is 25.3. The van der Waals surface area contributed by atoms with Crippen LogP contribution in [0.15, 0.2) is 108 Å². The van der Waals surface area contributed by atoms with Crippen LogP contribution in [0.5, 0.6) is 0 Å². The van der Waals surface area contributed by atoms with E-state index in [1.165, 1.54) is 21.3 Å². The van der Waals surface area contributed by atoms with E-state index in [1.807, 2.05) is 81.4 Å². The number of aryl methyl sites for hydroxylation is 2. The van der Waals surface area contributed by atoms with Crippen molar-refractivity contribution in [2.75, 3.05) is 17.9 Å². The van der Waals surface area contributed by atoms with Crippen LogP contribution in [0.1, 0.15) is 27.8 Å². The Morgan fingerprint density at radius 1 is 0.762 bits per heavy atom. The fourth-order valence-electron chi connectivity index (χ4n) is 4.93. The molecule has 1 atom stereocenters. The Labute approximate surface area is 248 Å². The molecule has 4 aromatic rings. The molecule has 4 aromatic carbocycles. The van der Waals surface area contributed by atoms with E-state index >= 15 is 0 Å². The number of hydrogen-bond donors (Lipinski definition) is 1. The summed E-state index contributed by atoms with van der Waals surface area (Å²) in [6.07, 6.45) is 0.271. The van der Waals surface area contributed by atoms with Crippen molar-refractivity contribution >= 4 is 27.5 Å². The Kier molecular flexibility index (Phi) is 9.80. The molecule has 0 aromatic heterocycles. The van der Waals surface area contributed by atoms with E-state index in [1.54, 1.807) is 37.4 Å². The van der Waals surface area contributed by atoms with Crippen LogP contribution in [0.3, 0.4) is 0 Å². The molecule has 0 spiro atoms. The number of hydrogen-bond acceptors (Lipinski definition) is 4. The van der Waals surface area contributed by atoms with E-state index in [4.69, 9.17) is 0 Å². The Balaban J connectivity index is 1.82. The quantitative estimate of drug-likeness (QED) is 0.263. The standard InChI is InChI=1S/C34H37N3O4S/c1-25-15-13-21-31(27(25)3)37(42(40,41)30-19-9-6-10-20-30)24-33(38)36(23-29-18-12-11-14-26(29)2)32(34(39)35-4)22-28-16-7-5-8-17-28/h5-21,32H,22-24H2,1-4H3,(H,35,39). The number of carbonyl (C=O) groups excluding carboxylic acids is 2. The van der Waals surface area contributed by atoms with E-state index in [9.17, 15) is 18.0 Å². The summed E-state index contributed by atoms with van der Waals surface area (Å²) < 4.78 is 29.4. The van der Waals surface area contributed by atoms with Crippen molar-refractivity contribution < 1.29 is 18.0 Å². The summed E-state index contributed by atoms with van der Waals surface area (Å²) in [6, 6.07) is 29.8. The summed E-state index contributed by atoms with van der Waals surface area (Å²) >= 11 is 0. The SMILES string of the molecule is CNC(=O)C(Cc1ccccc1)N(Cc1ccccc1C)C(=O)CN(c1cccc(C)c1C)S(=O)(=O)c1ccccc1. The summed E-state index contributed by atoms with van der Waals surface area (Å²) in [5.74, 6) is -0.812. The van der Waals surface area contributed by atoms with Crippen LogP contribution in [0.25, 0.3) is 0 Å². The van der Waals surface area contributed by atoms with E-state index in [0.29, 0.717) is 5.69 Å². The normalized spacial score (nSPS) is 11.9. The maximum Gasteiger partial charge on any atom is 0.264 e.